The topological polar surface area (TPSA) is 78.9 Å². The van der Waals surface area contributed by atoms with Gasteiger partial charge in [-0.15, -0.1) is 0 Å². The molecule has 6 nitrogen and oxygen atoms in total. The Balaban J connectivity index is 2.50. The van der Waals surface area contributed by atoms with Crippen molar-refractivity contribution in [1.82, 2.24) is 0 Å². The van der Waals surface area contributed by atoms with E-state index in [9.17, 15) is 14.4 Å². The Hall–Kier alpha value is -2.63. The normalized spacial score (nSPS) is 9.73. The summed E-state index contributed by atoms with van der Waals surface area (Å²) in [5.74, 6) is -1.58. The summed E-state index contributed by atoms with van der Waals surface area (Å²) in [6.07, 6.45) is 0.740. The molecule has 0 bridgehead atoms. The van der Waals surface area contributed by atoms with Crippen LogP contribution >= 0.6 is 0 Å². The average Bonchev–Trinajstić information content (AvgIpc) is 2.50. The summed E-state index contributed by atoms with van der Waals surface area (Å²) in [7, 11) is 0. The minimum atomic E-state index is -0.726. The van der Waals surface area contributed by atoms with Gasteiger partial charge in [-0.25, -0.2) is 14.4 Å². The van der Waals surface area contributed by atoms with Gasteiger partial charge >= 0.3 is 17.9 Å². The summed E-state index contributed by atoms with van der Waals surface area (Å²) in [4.78, 5) is 34.2. The molecule has 1 aromatic rings. The van der Waals surface area contributed by atoms with Crippen molar-refractivity contribution in [1.29, 1.82) is 0 Å². The zero-order valence-corrected chi connectivity index (χ0v) is 12.6. The number of carbonyl (C=O) groups is 3. The lowest BCUT2D eigenvalue weighted by Gasteiger charge is -2.07. The fourth-order valence-corrected chi connectivity index (χ4v) is 1.35. The third-order valence-corrected chi connectivity index (χ3v) is 2.43. The SMILES string of the molecule is C=C(C)C(=O)OCC(=O)Oc1ccc(C(=O)OCCC)cc1. The fourth-order valence-electron chi connectivity index (χ4n) is 1.35. The standard InChI is InChI=1S/C16H18O6/c1-4-9-20-16(19)12-5-7-13(8-6-12)22-14(17)10-21-15(18)11(2)3/h5-8H,2,4,9-10H2,1,3H3. The summed E-state index contributed by atoms with van der Waals surface area (Å²) in [6.45, 7) is 6.61. The number of hydrogen-bond donors (Lipinski definition) is 0. The second-order valence-corrected chi connectivity index (χ2v) is 4.49. The predicted molar refractivity (Wildman–Crippen MR) is 78.4 cm³/mol. The number of rotatable bonds is 7. The molecule has 0 saturated heterocycles. The zero-order chi connectivity index (χ0) is 16.5. The highest BCUT2D eigenvalue weighted by atomic mass is 16.6. The van der Waals surface area contributed by atoms with Crippen molar-refractivity contribution < 1.29 is 28.6 Å². The van der Waals surface area contributed by atoms with E-state index in [0.717, 1.165) is 6.42 Å². The van der Waals surface area contributed by atoms with Crippen molar-refractivity contribution in [3.8, 4) is 5.75 Å². The molecule has 1 aromatic carbocycles. The molecule has 1 rings (SSSR count). The van der Waals surface area contributed by atoms with Crippen LogP contribution in [0.5, 0.6) is 5.75 Å². The summed E-state index contributed by atoms with van der Waals surface area (Å²) >= 11 is 0. The van der Waals surface area contributed by atoms with Crippen LogP contribution in [0.4, 0.5) is 0 Å². The van der Waals surface area contributed by atoms with E-state index in [1.807, 2.05) is 6.92 Å². The minimum absolute atomic E-state index is 0.197. The van der Waals surface area contributed by atoms with Gasteiger partial charge in [-0.1, -0.05) is 13.5 Å². The van der Waals surface area contributed by atoms with Crippen LogP contribution in [0.2, 0.25) is 0 Å². The average molecular weight is 306 g/mol. The van der Waals surface area contributed by atoms with Crippen LogP contribution in [-0.2, 0) is 19.1 Å². The Bertz CT molecular complexity index is 559. The van der Waals surface area contributed by atoms with E-state index in [1.54, 1.807) is 0 Å². The van der Waals surface area contributed by atoms with Crippen LogP contribution in [0.15, 0.2) is 36.4 Å². The molecule has 6 heteroatoms. The van der Waals surface area contributed by atoms with Crippen molar-refractivity contribution in [2.75, 3.05) is 13.2 Å². The molecule has 118 valence electrons. The van der Waals surface area contributed by atoms with Gasteiger partial charge in [0.05, 0.1) is 12.2 Å². The third-order valence-electron chi connectivity index (χ3n) is 2.43. The van der Waals surface area contributed by atoms with E-state index in [2.05, 4.69) is 11.3 Å². The Morgan fingerprint density at radius 2 is 1.73 bits per heavy atom. The number of carbonyl (C=O) groups excluding carboxylic acids is 3. The van der Waals surface area contributed by atoms with Gasteiger partial charge in [0.15, 0.2) is 6.61 Å². The molecule has 0 radical (unpaired) electrons. The second kappa shape index (κ2) is 8.61. The van der Waals surface area contributed by atoms with E-state index in [4.69, 9.17) is 9.47 Å². The van der Waals surface area contributed by atoms with Gasteiger partial charge in [-0.05, 0) is 37.6 Å². The molecule has 22 heavy (non-hydrogen) atoms. The lowest BCUT2D eigenvalue weighted by molar-refractivity contribution is -0.150. The van der Waals surface area contributed by atoms with E-state index in [1.165, 1.54) is 31.2 Å². The summed E-state index contributed by atoms with van der Waals surface area (Å²) in [6, 6.07) is 5.89. The number of hydrogen-bond acceptors (Lipinski definition) is 6. The van der Waals surface area contributed by atoms with Crippen LogP contribution in [0.1, 0.15) is 30.6 Å². The second-order valence-electron chi connectivity index (χ2n) is 4.49. The van der Waals surface area contributed by atoms with Crippen molar-refractivity contribution in [3.63, 3.8) is 0 Å². The summed E-state index contributed by atoms with van der Waals surface area (Å²) in [5.41, 5.74) is 0.560. The summed E-state index contributed by atoms with van der Waals surface area (Å²) in [5, 5.41) is 0. The highest BCUT2D eigenvalue weighted by Crippen LogP contribution is 2.13. The lowest BCUT2D eigenvalue weighted by Crippen LogP contribution is -2.19. The molecule has 0 atom stereocenters. The maximum Gasteiger partial charge on any atom is 0.349 e. The molecule has 0 aromatic heterocycles. The van der Waals surface area contributed by atoms with Crippen LogP contribution in [0.25, 0.3) is 0 Å². The van der Waals surface area contributed by atoms with Crippen LogP contribution < -0.4 is 4.74 Å². The lowest BCUT2D eigenvalue weighted by atomic mass is 10.2. The van der Waals surface area contributed by atoms with Crippen molar-refractivity contribution in [2.45, 2.75) is 20.3 Å². The van der Waals surface area contributed by atoms with Gasteiger partial charge in [0.25, 0.3) is 0 Å². The molecule has 0 heterocycles. The van der Waals surface area contributed by atoms with Crippen molar-refractivity contribution in [3.05, 3.63) is 42.0 Å². The third kappa shape index (κ3) is 5.78. The Labute approximate surface area is 128 Å². The van der Waals surface area contributed by atoms with Gasteiger partial charge < -0.3 is 14.2 Å². The molecule has 0 saturated carbocycles. The largest absolute Gasteiger partial charge is 0.462 e. The minimum Gasteiger partial charge on any atom is -0.462 e. The maximum absolute atomic E-state index is 11.6. The Morgan fingerprint density at radius 1 is 1.09 bits per heavy atom. The van der Waals surface area contributed by atoms with E-state index < -0.39 is 24.5 Å². The summed E-state index contributed by atoms with van der Waals surface area (Å²) < 4.78 is 14.6. The first-order valence-corrected chi connectivity index (χ1v) is 6.74. The monoisotopic (exact) mass is 306 g/mol. The number of ether oxygens (including phenoxy) is 3. The van der Waals surface area contributed by atoms with Gasteiger partial charge in [-0.3, -0.25) is 0 Å². The van der Waals surface area contributed by atoms with E-state index >= 15 is 0 Å². The fraction of sp³-hybridized carbons (Fsp3) is 0.312. The first kappa shape index (κ1) is 17.4. The molecular weight excluding hydrogens is 288 g/mol. The molecule has 0 spiro atoms. The molecule has 0 N–H and O–H groups in total. The molecule has 0 aliphatic rings. The van der Waals surface area contributed by atoms with E-state index in [0.29, 0.717) is 12.2 Å². The Morgan fingerprint density at radius 3 is 2.27 bits per heavy atom. The van der Waals surface area contributed by atoms with Gasteiger partial charge in [-0.2, -0.15) is 0 Å². The zero-order valence-electron chi connectivity index (χ0n) is 12.6. The highest BCUT2D eigenvalue weighted by Gasteiger charge is 2.11. The van der Waals surface area contributed by atoms with Crippen molar-refractivity contribution in [2.24, 2.45) is 0 Å². The molecule has 0 fully saturated rings. The predicted octanol–water partition coefficient (Wildman–Crippen LogP) is 2.28. The maximum atomic E-state index is 11.6. The first-order chi connectivity index (χ1) is 10.4. The van der Waals surface area contributed by atoms with E-state index in [-0.39, 0.29) is 11.3 Å². The first-order valence-electron chi connectivity index (χ1n) is 6.74. The van der Waals surface area contributed by atoms with Gasteiger partial charge in [0, 0.05) is 5.57 Å². The smallest absolute Gasteiger partial charge is 0.349 e. The molecule has 0 amide bonds. The molecular formula is C16H18O6. The Kier molecular flexibility index (Phi) is 6.82. The molecule has 0 aliphatic heterocycles. The van der Waals surface area contributed by atoms with Gasteiger partial charge in [0.1, 0.15) is 5.75 Å². The van der Waals surface area contributed by atoms with Crippen LogP contribution in [-0.4, -0.2) is 31.1 Å². The van der Waals surface area contributed by atoms with Crippen molar-refractivity contribution >= 4 is 17.9 Å². The number of benzene rings is 1. The highest BCUT2D eigenvalue weighted by molar-refractivity contribution is 5.90. The quantitative estimate of drug-likeness (QED) is 0.437. The van der Waals surface area contributed by atoms with Crippen LogP contribution in [0, 0.1) is 0 Å². The number of esters is 3. The van der Waals surface area contributed by atoms with Gasteiger partial charge in [0.2, 0.25) is 0 Å². The van der Waals surface area contributed by atoms with Crippen LogP contribution in [0.3, 0.4) is 0 Å². The molecule has 0 unspecified atom stereocenters. The molecule has 0 aliphatic carbocycles.